The molecule has 0 atom stereocenters. The molecular weight excluding hydrogens is 308 g/mol. The van der Waals surface area contributed by atoms with Gasteiger partial charge < -0.3 is 0 Å². The van der Waals surface area contributed by atoms with Crippen molar-refractivity contribution in [3.05, 3.63) is 0 Å². The van der Waals surface area contributed by atoms with Crippen molar-refractivity contribution in [3.63, 3.8) is 0 Å². The smallest absolute Gasteiger partial charge is 0.211 e. The maximum absolute atomic E-state index is 13.3. The van der Waals surface area contributed by atoms with Gasteiger partial charge in [-0.1, -0.05) is 41.5 Å². The van der Waals surface area contributed by atoms with Crippen LogP contribution >= 0.6 is 0 Å². The van der Waals surface area contributed by atoms with Crippen LogP contribution in [0.1, 0.15) is 80.1 Å². The van der Waals surface area contributed by atoms with Crippen molar-refractivity contribution in [3.8, 4) is 11.5 Å². The summed E-state index contributed by atoms with van der Waals surface area (Å²) in [5.74, 6) is 6.09. The van der Waals surface area contributed by atoms with Crippen molar-refractivity contribution < 1.29 is 4.79 Å². The number of ketones is 1. The molecule has 24 heavy (non-hydrogen) atoms. The molecule has 0 N–H and O–H groups in total. The van der Waals surface area contributed by atoms with Gasteiger partial charge in [0.15, 0.2) is 0 Å². The molecule has 4 rings (SSSR count). The Labute approximate surface area is 150 Å². The second kappa shape index (κ2) is 6.31. The van der Waals surface area contributed by atoms with E-state index in [9.17, 15) is 4.79 Å². The minimum Gasteiger partial charge on any atom is -0.284 e. The molecule has 4 fully saturated rings. The summed E-state index contributed by atoms with van der Waals surface area (Å²) in [7, 11) is -1.79. The van der Waals surface area contributed by atoms with Crippen LogP contribution in [0.3, 0.4) is 0 Å². The van der Waals surface area contributed by atoms with Crippen molar-refractivity contribution in [2.24, 2.45) is 23.2 Å². The zero-order valence-electron chi connectivity index (χ0n) is 16.6. The summed E-state index contributed by atoms with van der Waals surface area (Å²) >= 11 is 0. The van der Waals surface area contributed by atoms with Crippen LogP contribution in [-0.2, 0) is 4.79 Å². The molecule has 4 aliphatic rings. The number of rotatable bonds is 4. The molecule has 0 saturated heterocycles. The Balaban J connectivity index is 1.88. The molecular formula is C22H36OSi. The van der Waals surface area contributed by atoms with E-state index >= 15 is 0 Å². The van der Waals surface area contributed by atoms with E-state index in [1.807, 2.05) is 0 Å². The first-order valence-corrected chi connectivity index (χ1v) is 12.5. The van der Waals surface area contributed by atoms with Gasteiger partial charge in [-0.15, -0.1) is 5.54 Å². The van der Waals surface area contributed by atoms with Crippen molar-refractivity contribution in [2.75, 3.05) is 0 Å². The van der Waals surface area contributed by atoms with Gasteiger partial charge in [0.1, 0.15) is 8.07 Å². The summed E-state index contributed by atoms with van der Waals surface area (Å²) in [6, 6.07) is 0. The molecule has 0 spiro atoms. The van der Waals surface area contributed by atoms with Crippen LogP contribution in [0.4, 0.5) is 0 Å². The Hall–Kier alpha value is -0.553. The number of carbonyl (C=O) groups excluding carboxylic acids is 1. The highest BCUT2D eigenvalue weighted by molar-refractivity contribution is 6.90. The van der Waals surface area contributed by atoms with Crippen molar-refractivity contribution in [1.82, 2.24) is 0 Å². The highest BCUT2D eigenvalue weighted by Gasteiger charge is 2.54. The summed E-state index contributed by atoms with van der Waals surface area (Å²) in [4.78, 5) is 13.3. The fourth-order valence-corrected chi connectivity index (χ4v) is 12.3. The van der Waals surface area contributed by atoms with Crippen molar-refractivity contribution >= 4 is 13.9 Å². The number of carbonyl (C=O) groups is 1. The zero-order valence-corrected chi connectivity index (χ0v) is 17.6. The normalized spacial score (nSPS) is 34.8. The van der Waals surface area contributed by atoms with E-state index in [0.717, 1.165) is 37.0 Å². The first-order valence-electron chi connectivity index (χ1n) is 10.3. The fourth-order valence-electron chi connectivity index (χ4n) is 7.12. The number of hydrogen-bond donors (Lipinski definition) is 0. The van der Waals surface area contributed by atoms with Crippen LogP contribution < -0.4 is 0 Å². The SMILES string of the molecule is CC(C)[Si](C#CC(=O)C12CC3CC(CC(C3)C1)C2)(C(C)C)C(C)C. The second-order valence-corrected chi connectivity index (χ2v) is 15.8. The van der Waals surface area contributed by atoms with E-state index in [0.29, 0.717) is 22.4 Å². The lowest BCUT2D eigenvalue weighted by Crippen LogP contribution is -2.50. The molecule has 0 unspecified atom stereocenters. The van der Waals surface area contributed by atoms with Gasteiger partial charge in [-0.2, -0.15) is 0 Å². The zero-order chi connectivity index (χ0) is 17.7. The average Bonchev–Trinajstić information content (AvgIpc) is 2.44. The highest BCUT2D eigenvalue weighted by atomic mass is 28.3. The van der Waals surface area contributed by atoms with E-state index in [2.05, 4.69) is 53.0 Å². The summed E-state index contributed by atoms with van der Waals surface area (Å²) in [6.07, 6.45) is 7.61. The molecule has 0 amide bonds. The van der Waals surface area contributed by atoms with E-state index in [1.54, 1.807) is 0 Å². The molecule has 0 aromatic carbocycles. The Kier molecular flexibility index (Phi) is 4.80. The Morgan fingerprint density at radius 1 is 0.833 bits per heavy atom. The predicted octanol–water partition coefficient (Wildman–Crippen LogP) is 5.99. The second-order valence-electron chi connectivity index (χ2n) is 10.2. The summed E-state index contributed by atoms with van der Waals surface area (Å²) in [5.41, 5.74) is 5.46. The van der Waals surface area contributed by atoms with E-state index in [1.165, 1.54) is 19.3 Å². The molecule has 134 valence electrons. The lowest BCUT2D eigenvalue weighted by molar-refractivity contribution is -0.137. The molecule has 0 aliphatic heterocycles. The highest BCUT2D eigenvalue weighted by Crippen LogP contribution is 2.60. The summed E-state index contributed by atoms with van der Waals surface area (Å²) in [5, 5.41) is 0. The van der Waals surface area contributed by atoms with Crippen LogP contribution in [0.5, 0.6) is 0 Å². The molecule has 2 heteroatoms. The standard InChI is InChI=1S/C22H36OSi/c1-15(2)24(16(3)4,17(5)6)8-7-21(23)22-12-18-9-19(13-22)11-20(10-18)14-22/h15-20H,9-14H2,1-6H3. The number of hydrogen-bond acceptors (Lipinski definition) is 1. The first-order chi connectivity index (χ1) is 11.2. The molecule has 4 aliphatic carbocycles. The molecule has 4 saturated carbocycles. The Morgan fingerprint density at radius 2 is 1.21 bits per heavy atom. The van der Waals surface area contributed by atoms with Crippen LogP contribution in [0.15, 0.2) is 0 Å². The average molecular weight is 345 g/mol. The number of Topliss-reactive ketones (excluding diaryl/α,β-unsaturated/α-hetero) is 1. The molecule has 0 radical (unpaired) electrons. The minimum atomic E-state index is -1.79. The lowest BCUT2D eigenvalue weighted by Gasteiger charge is -2.55. The maximum Gasteiger partial charge on any atom is 0.211 e. The predicted molar refractivity (Wildman–Crippen MR) is 104 cm³/mol. The third kappa shape index (κ3) is 2.81. The minimum absolute atomic E-state index is 0.0488. The van der Waals surface area contributed by atoms with Crippen molar-refractivity contribution in [2.45, 2.75) is 96.7 Å². The third-order valence-corrected chi connectivity index (χ3v) is 14.1. The van der Waals surface area contributed by atoms with Gasteiger partial charge in [0.25, 0.3) is 0 Å². The van der Waals surface area contributed by atoms with E-state index in [4.69, 9.17) is 0 Å². The third-order valence-electron chi connectivity index (χ3n) is 7.78. The Morgan fingerprint density at radius 3 is 1.54 bits per heavy atom. The van der Waals surface area contributed by atoms with Gasteiger partial charge >= 0.3 is 0 Å². The molecule has 4 bridgehead atoms. The van der Waals surface area contributed by atoms with Gasteiger partial charge in [-0.3, -0.25) is 4.79 Å². The van der Waals surface area contributed by atoms with Crippen LogP contribution in [0.25, 0.3) is 0 Å². The van der Waals surface area contributed by atoms with Crippen molar-refractivity contribution in [1.29, 1.82) is 0 Å². The van der Waals surface area contributed by atoms with E-state index in [-0.39, 0.29) is 5.41 Å². The Bertz CT molecular complexity index is 503. The quantitative estimate of drug-likeness (QED) is 0.452. The van der Waals surface area contributed by atoms with Gasteiger partial charge in [0.05, 0.1) is 0 Å². The van der Waals surface area contributed by atoms with Crippen LogP contribution in [-0.4, -0.2) is 13.9 Å². The molecule has 0 aromatic heterocycles. The topological polar surface area (TPSA) is 17.1 Å². The van der Waals surface area contributed by atoms with Crippen LogP contribution in [0, 0.1) is 34.6 Å². The van der Waals surface area contributed by atoms with Gasteiger partial charge in [-0.25, -0.2) is 0 Å². The largest absolute Gasteiger partial charge is 0.284 e. The summed E-state index contributed by atoms with van der Waals surface area (Å²) < 4.78 is 0. The molecule has 0 heterocycles. The van der Waals surface area contributed by atoms with Crippen LogP contribution in [0.2, 0.25) is 16.6 Å². The molecule has 0 aromatic rings. The van der Waals surface area contributed by atoms with Gasteiger partial charge in [0, 0.05) is 5.41 Å². The lowest BCUT2D eigenvalue weighted by atomic mass is 9.48. The van der Waals surface area contributed by atoms with Gasteiger partial charge in [0.2, 0.25) is 5.78 Å². The summed E-state index contributed by atoms with van der Waals surface area (Å²) in [6.45, 7) is 14.0. The van der Waals surface area contributed by atoms with E-state index < -0.39 is 8.07 Å². The van der Waals surface area contributed by atoms with Gasteiger partial charge in [-0.05, 0) is 78.8 Å². The fraction of sp³-hybridized carbons (Fsp3) is 0.864. The molecule has 1 nitrogen and oxygen atoms in total. The first kappa shape index (κ1) is 18.2. The maximum atomic E-state index is 13.3. The monoisotopic (exact) mass is 344 g/mol.